The molecule has 5 N–H and O–H groups in total. The summed E-state index contributed by atoms with van der Waals surface area (Å²) < 4.78 is 0. The fraction of sp³-hybridized carbons (Fsp3) is 0.714. The lowest BCUT2D eigenvalue weighted by Gasteiger charge is -2.25. The molecule has 0 saturated heterocycles. The molecule has 0 bridgehead atoms. The summed E-state index contributed by atoms with van der Waals surface area (Å²) in [5, 5.41) is 19.2. The molecule has 1 fully saturated rings. The molecule has 1 aliphatic carbocycles. The molecule has 0 aromatic carbocycles. The summed E-state index contributed by atoms with van der Waals surface area (Å²) in [5.41, 5.74) is 7.52. The molecule has 20 heavy (non-hydrogen) atoms. The summed E-state index contributed by atoms with van der Waals surface area (Å²) in [6, 6.07) is 0. The van der Waals surface area contributed by atoms with Crippen molar-refractivity contribution in [3.05, 3.63) is 11.4 Å². The molecule has 0 radical (unpaired) electrons. The third-order valence-corrected chi connectivity index (χ3v) is 3.97. The fourth-order valence-electron chi connectivity index (χ4n) is 2.67. The molecule has 1 aromatic heterocycles. The number of carbonyl (C=O) groups excluding carboxylic acids is 1. The van der Waals surface area contributed by atoms with Crippen LogP contribution in [-0.2, 0) is 6.42 Å². The molecule has 6 heteroatoms. The predicted molar refractivity (Wildman–Crippen MR) is 77.3 cm³/mol. The number of rotatable bonds is 5. The van der Waals surface area contributed by atoms with Crippen LogP contribution in [0.4, 0.5) is 5.69 Å². The molecule has 6 nitrogen and oxygen atoms in total. The van der Waals surface area contributed by atoms with Crippen molar-refractivity contribution in [3.8, 4) is 0 Å². The molecular formula is C14H24N4O2. The van der Waals surface area contributed by atoms with Gasteiger partial charge in [0.05, 0.1) is 17.5 Å². The van der Waals surface area contributed by atoms with Crippen molar-refractivity contribution in [3.63, 3.8) is 0 Å². The second kappa shape index (κ2) is 6.74. The lowest BCUT2D eigenvalue weighted by atomic mass is 9.87. The first-order chi connectivity index (χ1) is 9.61. The molecule has 0 atom stereocenters. The van der Waals surface area contributed by atoms with Gasteiger partial charge in [-0.2, -0.15) is 5.10 Å². The lowest BCUT2D eigenvalue weighted by molar-refractivity contribution is 0.0906. The molecule has 2 rings (SSSR count). The number of H-pyrrole nitrogens is 1. The van der Waals surface area contributed by atoms with Gasteiger partial charge < -0.3 is 16.2 Å². The molecular weight excluding hydrogens is 256 g/mol. The first kappa shape index (κ1) is 14.8. The Morgan fingerprint density at radius 1 is 1.45 bits per heavy atom. The number of aliphatic hydroxyl groups is 1. The van der Waals surface area contributed by atoms with Crippen LogP contribution in [0, 0.1) is 5.92 Å². The molecule has 112 valence electrons. The van der Waals surface area contributed by atoms with Crippen molar-refractivity contribution in [2.75, 3.05) is 12.3 Å². The summed E-state index contributed by atoms with van der Waals surface area (Å²) in [7, 11) is 0. The highest BCUT2D eigenvalue weighted by atomic mass is 16.3. The minimum Gasteiger partial charge on any atom is -0.395 e. The van der Waals surface area contributed by atoms with Crippen LogP contribution in [0.1, 0.15) is 55.2 Å². The van der Waals surface area contributed by atoms with Crippen molar-refractivity contribution >= 4 is 11.6 Å². The van der Waals surface area contributed by atoms with Crippen LogP contribution in [0.25, 0.3) is 0 Å². The van der Waals surface area contributed by atoms with Crippen molar-refractivity contribution in [2.24, 2.45) is 5.92 Å². The van der Waals surface area contributed by atoms with Gasteiger partial charge in [-0.25, -0.2) is 0 Å². The molecule has 1 aliphatic rings. The zero-order valence-corrected chi connectivity index (χ0v) is 12.0. The number of amides is 1. The van der Waals surface area contributed by atoms with Gasteiger partial charge in [-0.05, 0) is 38.0 Å². The van der Waals surface area contributed by atoms with E-state index in [-0.39, 0.29) is 12.0 Å². The average molecular weight is 280 g/mol. The number of nitrogens with zero attached hydrogens (tertiary/aromatic N) is 1. The number of hydrogen-bond donors (Lipinski definition) is 4. The van der Waals surface area contributed by atoms with Crippen LogP contribution in [-0.4, -0.2) is 33.9 Å². The largest absolute Gasteiger partial charge is 0.395 e. The van der Waals surface area contributed by atoms with E-state index in [1.165, 1.54) is 0 Å². The van der Waals surface area contributed by atoms with Gasteiger partial charge in [-0.3, -0.25) is 9.89 Å². The topological polar surface area (TPSA) is 104 Å². The molecule has 0 spiro atoms. The highest BCUT2D eigenvalue weighted by molar-refractivity contribution is 5.97. The number of hydrogen-bond acceptors (Lipinski definition) is 4. The molecule has 1 aromatic rings. The number of nitrogens with two attached hydrogens (primary N) is 1. The summed E-state index contributed by atoms with van der Waals surface area (Å²) in [4.78, 5) is 12.1. The number of aliphatic hydroxyl groups excluding tert-OH is 1. The Labute approximate surface area is 119 Å². The maximum Gasteiger partial charge on any atom is 0.273 e. The second-order valence-electron chi connectivity index (χ2n) is 5.60. The average Bonchev–Trinajstić information content (AvgIpc) is 2.80. The molecule has 0 aliphatic heterocycles. The maximum atomic E-state index is 12.1. The lowest BCUT2D eigenvalue weighted by Crippen LogP contribution is -2.32. The van der Waals surface area contributed by atoms with Gasteiger partial charge in [-0.1, -0.05) is 13.3 Å². The smallest absolute Gasteiger partial charge is 0.273 e. The van der Waals surface area contributed by atoms with Gasteiger partial charge in [0.1, 0.15) is 0 Å². The number of nitrogen functional groups attached to an aromatic ring is 1. The fourth-order valence-corrected chi connectivity index (χ4v) is 2.67. The SMILES string of the molecule is CCCc1[nH]nc(C(=O)NCC2CCC(O)CC2)c1N. The van der Waals surface area contributed by atoms with E-state index in [2.05, 4.69) is 22.4 Å². The number of aromatic nitrogens is 2. The van der Waals surface area contributed by atoms with E-state index in [1.54, 1.807) is 0 Å². The number of aryl methyl sites for hydroxylation is 1. The normalized spacial score (nSPS) is 22.7. The van der Waals surface area contributed by atoms with E-state index < -0.39 is 0 Å². The number of aromatic amines is 1. The first-order valence-electron chi connectivity index (χ1n) is 7.40. The highest BCUT2D eigenvalue weighted by Crippen LogP contribution is 2.23. The Morgan fingerprint density at radius 2 is 2.15 bits per heavy atom. The summed E-state index contributed by atoms with van der Waals surface area (Å²) in [5.74, 6) is 0.227. The minimum absolute atomic E-state index is 0.166. The quantitative estimate of drug-likeness (QED) is 0.651. The van der Waals surface area contributed by atoms with E-state index in [0.29, 0.717) is 23.8 Å². The van der Waals surface area contributed by atoms with Crippen LogP contribution >= 0.6 is 0 Å². The zero-order chi connectivity index (χ0) is 14.5. The second-order valence-corrected chi connectivity index (χ2v) is 5.60. The Bertz CT molecular complexity index is 450. The van der Waals surface area contributed by atoms with E-state index in [1.807, 2.05) is 0 Å². The standard InChI is InChI=1S/C14H24N4O2/c1-2-3-11-12(15)13(18-17-11)14(20)16-8-9-4-6-10(19)7-5-9/h9-10,19H,2-8,15H2,1H3,(H,16,20)(H,17,18). The molecule has 1 amide bonds. The van der Waals surface area contributed by atoms with Gasteiger partial charge in [0, 0.05) is 6.54 Å². The molecule has 0 unspecified atom stereocenters. The molecule has 1 heterocycles. The number of nitrogens with one attached hydrogen (secondary N) is 2. The zero-order valence-electron chi connectivity index (χ0n) is 12.0. The van der Waals surface area contributed by atoms with E-state index >= 15 is 0 Å². The minimum atomic E-state index is -0.216. The molecule has 1 saturated carbocycles. The van der Waals surface area contributed by atoms with Crippen LogP contribution in [0.5, 0.6) is 0 Å². The number of carbonyl (C=O) groups is 1. The van der Waals surface area contributed by atoms with Crippen LogP contribution in [0.2, 0.25) is 0 Å². The van der Waals surface area contributed by atoms with Crippen molar-refractivity contribution < 1.29 is 9.90 Å². The summed E-state index contributed by atoms with van der Waals surface area (Å²) >= 11 is 0. The Morgan fingerprint density at radius 3 is 2.80 bits per heavy atom. The maximum absolute atomic E-state index is 12.1. The van der Waals surface area contributed by atoms with Crippen molar-refractivity contribution in [2.45, 2.75) is 51.6 Å². The van der Waals surface area contributed by atoms with Gasteiger partial charge >= 0.3 is 0 Å². The van der Waals surface area contributed by atoms with Gasteiger partial charge in [0.2, 0.25) is 0 Å². The summed E-state index contributed by atoms with van der Waals surface area (Å²) in [6.07, 6.45) is 5.15. The van der Waals surface area contributed by atoms with Crippen molar-refractivity contribution in [1.82, 2.24) is 15.5 Å². The van der Waals surface area contributed by atoms with Crippen molar-refractivity contribution in [1.29, 1.82) is 0 Å². The number of anilines is 1. The van der Waals surface area contributed by atoms with Crippen LogP contribution in [0.3, 0.4) is 0 Å². The van der Waals surface area contributed by atoms with Gasteiger partial charge in [0.25, 0.3) is 5.91 Å². The Hall–Kier alpha value is -1.56. The highest BCUT2D eigenvalue weighted by Gasteiger charge is 2.21. The van der Waals surface area contributed by atoms with Crippen LogP contribution < -0.4 is 11.1 Å². The van der Waals surface area contributed by atoms with E-state index in [4.69, 9.17) is 5.73 Å². The van der Waals surface area contributed by atoms with Gasteiger partial charge in [0.15, 0.2) is 5.69 Å². The third kappa shape index (κ3) is 3.50. The van der Waals surface area contributed by atoms with Gasteiger partial charge in [-0.15, -0.1) is 0 Å². The Kier molecular flexibility index (Phi) is 5.00. The first-order valence-corrected chi connectivity index (χ1v) is 7.40. The van der Waals surface area contributed by atoms with E-state index in [9.17, 15) is 9.90 Å². The third-order valence-electron chi connectivity index (χ3n) is 3.97. The van der Waals surface area contributed by atoms with Crippen LogP contribution in [0.15, 0.2) is 0 Å². The monoisotopic (exact) mass is 280 g/mol. The predicted octanol–water partition coefficient (Wildman–Crippen LogP) is 1.23. The Balaban J connectivity index is 1.85. The van der Waals surface area contributed by atoms with E-state index in [0.717, 1.165) is 44.2 Å². The summed E-state index contributed by atoms with van der Waals surface area (Å²) in [6.45, 7) is 2.68.